The third-order valence-electron chi connectivity index (χ3n) is 2.09. The van der Waals surface area contributed by atoms with Crippen LogP contribution in [0.2, 0.25) is 0 Å². The topological polar surface area (TPSA) is 92.5 Å². The maximum atomic E-state index is 8.66. The molecule has 0 bridgehead atoms. The summed E-state index contributed by atoms with van der Waals surface area (Å²) in [6.07, 6.45) is 0. The standard InChI is InChI=1S/2C5H6BrNO2/c1-3-5(6)4(2-8)9-7-3;1-3-4(2-8)5(6)9-7-3/h2*8H,2H2,1H3. The third kappa shape index (κ3) is 3.64. The average molecular weight is 384 g/mol. The van der Waals surface area contributed by atoms with Gasteiger partial charge in [0.2, 0.25) is 4.67 Å². The van der Waals surface area contributed by atoms with Crippen molar-refractivity contribution in [1.29, 1.82) is 0 Å². The summed E-state index contributed by atoms with van der Waals surface area (Å²) >= 11 is 6.28. The van der Waals surface area contributed by atoms with Crippen molar-refractivity contribution in [3.63, 3.8) is 0 Å². The average Bonchev–Trinajstić information content (AvgIpc) is 2.85. The van der Waals surface area contributed by atoms with Crippen LogP contribution in [0.15, 0.2) is 18.2 Å². The maximum Gasteiger partial charge on any atom is 0.207 e. The number of nitrogens with zero attached hydrogens (tertiary/aromatic N) is 2. The Morgan fingerprint density at radius 3 is 1.83 bits per heavy atom. The van der Waals surface area contributed by atoms with E-state index in [1.54, 1.807) is 13.8 Å². The molecule has 0 aliphatic carbocycles. The lowest BCUT2D eigenvalue weighted by atomic mass is 10.3. The number of aromatic nitrogens is 2. The minimum Gasteiger partial charge on any atom is -0.391 e. The molecular weight excluding hydrogens is 372 g/mol. The molecule has 2 rings (SSSR count). The lowest BCUT2D eigenvalue weighted by molar-refractivity contribution is 0.227. The highest BCUT2D eigenvalue weighted by molar-refractivity contribution is 9.10. The van der Waals surface area contributed by atoms with E-state index in [0.717, 1.165) is 21.4 Å². The van der Waals surface area contributed by atoms with Crippen molar-refractivity contribution >= 4 is 31.9 Å². The van der Waals surface area contributed by atoms with E-state index >= 15 is 0 Å². The minimum atomic E-state index is -0.110. The molecule has 0 saturated heterocycles. The van der Waals surface area contributed by atoms with E-state index in [1.807, 2.05) is 0 Å². The molecule has 100 valence electrons. The van der Waals surface area contributed by atoms with Gasteiger partial charge in [-0.2, -0.15) is 0 Å². The quantitative estimate of drug-likeness (QED) is 0.827. The Hall–Kier alpha value is -0.700. The molecule has 0 atom stereocenters. The fraction of sp³-hybridized carbons (Fsp3) is 0.400. The highest BCUT2D eigenvalue weighted by atomic mass is 79.9. The largest absolute Gasteiger partial charge is 0.391 e. The Morgan fingerprint density at radius 2 is 1.61 bits per heavy atom. The van der Waals surface area contributed by atoms with Gasteiger partial charge >= 0.3 is 0 Å². The minimum absolute atomic E-state index is 0.0318. The van der Waals surface area contributed by atoms with Crippen molar-refractivity contribution in [1.82, 2.24) is 10.3 Å². The van der Waals surface area contributed by atoms with Gasteiger partial charge in [-0.1, -0.05) is 10.3 Å². The molecule has 0 radical (unpaired) electrons. The van der Waals surface area contributed by atoms with E-state index in [4.69, 9.17) is 19.3 Å². The Labute approximate surface area is 120 Å². The highest BCUT2D eigenvalue weighted by Gasteiger charge is 2.07. The zero-order valence-electron chi connectivity index (χ0n) is 9.78. The summed E-state index contributed by atoms with van der Waals surface area (Å²) in [5, 5.41) is 24.4. The van der Waals surface area contributed by atoms with E-state index in [1.165, 1.54) is 0 Å². The fourth-order valence-corrected chi connectivity index (χ4v) is 1.80. The molecule has 8 heteroatoms. The van der Waals surface area contributed by atoms with Crippen LogP contribution in [0.3, 0.4) is 0 Å². The van der Waals surface area contributed by atoms with Crippen LogP contribution in [0, 0.1) is 13.8 Å². The second-order valence-electron chi connectivity index (χ2n) is 3.34. The second-order valence-corrected chi connectivity index (χ2v) is 4.85. The van der Waals surface area contributed by atoms with Crippen LogP contribution in [0.25, 0.3) is 0 Å². The van der Waals surface area contributed by atoms with Gasteiger partial charge in [-0.3, -0.25) is 0 Å². The summed E-state index contributed by atoms with van der Waals surface area (Å²) in [4.78, 5) is 0. The highest BCUT2D eigenvalue weighted by Crippen LogP contribution is 2.20. The number of hydrogen-bond donors (Lipinski definition) is 2. The molecule has 0 aliphatic heterocycles. The Morgan fingerprint density at radius 1 is 1.00 bits per heavy atom. The summed E-state index contributed by atoms with van der Waals surface area (Å²) in [5.74, 6) is 0.479. The smallest absolute Gasteiger partial charge is 0.207 e. The van der Waals surface area contributed by atoms with E-state index in [-0.39, 0.29) is 13.2 Å². The molecule has 18 heavy (non-hydrogen) atoms. The molecule has 0 saturated carbocycles. The lowest BCUT2D eigenvalue weighted by Crippen LogP contribution is -1.83. The van der Waals surface area contributed by atoms with Crippen LogP contribution in [-0.2, 0) is 13.2 Å². The van der Waals surface area contributed by atoms with Gasteiger partial charge in [0.1, 0.15) is 6.61 Å². The fourth-order valence-electron chi connectivity index (χ4n) is 1.04. The number of aryl methyl sites for hydroxylation is 2. The molecule has 0 aromatic carbocycles. The number of aliphatic hydroxyl groups excluding tert-OH is 2. The molecule has 2 aromatic rings. The molecular formula is C10H12Br2N2O4. The summed E-state index contributed by atoms with van der Waals surface area (Å²) in [6, 6.07) is 0. The first-order valence-corrected chi connectivity index (χ1v) is 6.52. The molecule has 2 N–H and O–H groups in total. The van der Waals surface area contributed by atoms with Gasteiger partial charge in [0.15, 0.2) is 5.76 Å². The zero-order valence-corrected chi connectivity index (χ0v) is 12.9. The van der Waals surface area contributed by atoms with Gasteiger partial charge in [0, 0.05) is 0 Å². The molecule has 0 fully saturated rings. The van der Waals surface area contributed by atoms with E-state index in [0.29, 0.717) is 10.4 Å². The van der Waals surface area contributed by atoms with Gasteiger partial charge < -0.3 is 19.3 Å². The molecule has 0 spiro atoms. The van der Waals surface area contributed by atoms with Crippen molar-refractivity contribution in [2.75, 3.05) is 0 Å². The van der Waals surface area contributed by atoms with Crippen molar-refractivity contribution in [2.24, 2.45) is 0 Å². The molecule has 2 aromatic heterocycles. The normalized spacial score (nSPS) is 10.1. The van der Waals surface area contributed by atoms with Crippen molar-refractivity contribution in [2.45, 2.75) is 27.1 Å². The first-order chi connectivity index (χ1) is 8.51. The van der Waals surface area contributed by atoms with E-state index in [2.05, 4.69) is 42.2 Å². The SMILES string of the molecule is Cc1noc(Br)c1CO.Cc1noc(CO)c1Br. The molecule has 0 amide bonds. The third-order valence-corrected chi connectivity index (χ3v) is 3.73. The van der Waals surface area contributed by atoms with Crippen LogP contribution in [0.1, 0.15) is 22.7 Å². The van der Waals surface area contributed by atoms with Gasteiger partial charge in [-0.15, -0.1) is 0 Å². The van der Waals surface area contributed by atoms with E-state index in [9.17, 15) is 0 Å². The van der Waals surface area contributed by atoms with Crippen molar-refractivity contribution < 1.29 is 19.3 Å². The number of rotatable bonds is 2. The predicted molar refractivity (Wildman–Crippen MR) is 69.7 cm³/mol. The van der Waals surface area contributed by atoms with Gasteiger partial charge in [-0.05, 0) is 45.7 Å². The lowest BCUT2D eigenvalue weighted by Gasteiger charge is -1.86. The van der Waals surface area contributed by atoms with Crippen LogP contribution in [-0.4, -0.2) is 20.5 Å². The van der Waals surface area contributed by atoms with Gasteiger partial charge in [0.05, 0.1) is 28.0 Å². The van der Waals surface area contributed by atoms with Gasteiger partial charge in [0.25, 0.3) is 0 Å². The Balaban J connectivity index is 0.000000180. The maximum absolute atomic E-state index is 8.66. The summed E-state index contributed by atoms with van der Waals surface area (Å²) in [5.41, 5.74) is 2.21. The Kier molecular flexibility index (Phi) is 6.00. The first-order valence-electron chi connectivity index (χ1n) is 4.94. The second kappa shape index (κ2) is 7.03. The monoisotopic (exact) mass is 382 g/mol. The van der Waals surface area contributed by atoms with Crippen LogP contribution in [0.4, 0.5) is 0 Å². The summed E-state index contributed by atoms with van der Waals surface area (Å²) in [6.45, 7) is 3.43. The molecule has 6 nitrogen and oxygen atoms in total. The number of halogens is 2. The van der Waals surface area contributed by atoms with E-state index < -0.39 is 0 Å². The number of aliphatic hydroxyl groups is 2. The first kappa shape index (κ1) is 15.4. The van der Waals surface area contributed by atoms with Crippen molar-refractivity contribution in [3.8, 4) is 0 Å². The molecule has 0 aliphatic rings. The van der Waals surface area contributed by atoms with Crippen LogP contribution >= 0.6 is 31.9 Å². The van der Waals surface area contributed by atoms with Crippen LogP contribution in [0.5, 0.6) is 0 Å². The van der Waals surface area contributed by atoms with Gasteiger partial charge in [-0.25, -0.2) is 0 Å². The summed E-state index contributed by atoms with van der Waals surface area (Å²) in [7, 11) is 0. The van der Waals surface area contributed by atoms with Crippen LogP contribution < -0.4 is 0 Å². The van der Waals surface area contributed by atoms with Crippen molar-refractivity contribution in [3.05, 3.63) is 31.9 Å². The predicted octanol–water partition coefficient (Wildman–Crippen LogP) is 2.48. The summed E-state index contributed by atoms with van der Waals surface area (Å²) < 4.78 is 10.7. The Bertz CT molecular complexity index is 490. The zero-order chi connectivity index (χ0) is 13.7. The number of hydrogen-bond acceptors (Lipinski definition) is 6. The molecule has 2 heterocycles. The molecule has 0 unspecified atom stereocenters.